The van der Waals surface area contributed by atoms with Crippen molar-refractivity contribution in [3.05, 3.63) is 76.8 Å². The van der Waals surface area contributed by atoms with Gasteiger partial charge in [-0.15, -0.1) is 0 Å². The average Bonchev–Trinajstić information content (AvgIpc) is 2.89. The first-order valence-electron chi connectivity index (χ1n) is 11.5. The van der Waals surface area contributed by atoms with Crippen LogP contribution in [0.15, 0.2) is 70.5 Å². The summed E-state index contributed by atoms with van der Waals surface area (Å²) in [6, 6.07) is 14.5. The summed E-state index contributed by atoms with van der Waals surface area (Å²) in [5.41, 5.74) is 1.40. The largest absolute Gasteiger partial charge is 0.495 e. The summed E-state index contributed by atoms with van der Waals surface area (Å²) >= 11 is 6.20. The third-order valence-corrected chi connectivity index (χ3v) is 9.42. The van der Waals surface area contributed by atoms with Gasteiger partial charge >= 0.3 is 0 Å². The summed E-state index contributed by atoms with van der Waals surface area (Å²) in [6.45, 7) is 2.84. The fraction of sp³-hybridized carbons (Fsp3) is 0.240. The van der Waals surface area contributed by atoms with E-state index in [-0.39, 0.29) is 33.5 Å². The quantitative estimate of drug-likeness (QED) is 0.416. The second-order valence-corrected chi connectivity index (χ2v) is 12.5. The second-order valence-electron chi connectivity index (χ2n) is 8.45. The minimum atomic E-state index is -3.94. The maximum absolute atomic E-state index is 13.0. The van der Waals surface area contributed by atoms with Crippen molar-refractivity contribution in [1.29, 1.82) is 0 Å². The lowest BCUT2D eigenvalue weighted by atomic mass is 10.2. The topological polar surface area (TPSA) is 131 Å². The summed E-state index contributed by atoms with van der Waals surface area (Å²) in [6.07, 6.45) is 0. The molecule has 3 aromatic rings. The normalized spacial score (nSPS) is 14.6. The van der Waals surface area contributed by atoms with E-state index >= 15 is 0 Å². The number of methoxy groups -OCH3 is 1. The molecular formula is C25H26ClN3O7S2. The van der Waals surface area contributed by atoms with Crippen molar-refractivity contribution in [2.24, 2.45) is 0 Å². The molecule has 1 heterocycles. The molecule has 202 valence electrons. The van der Waals surface area contributed by atoms with Crippen molar-refractivity contribution in [3.8, 4) is 5.75 Å². The van der Waals surface area contributed by atoms with Crippen molar-refractivity contribution >= 4 is 48.9 Å². The number of ether oxygens (including phenoxy) is 2. The number of hydrogen-bond donors (Lipinski definition) is 2. The molecule has 0 aliphatic carbocycles. The highest BCUT2D eigenvalue weighted by molar-refractivity contribution is 7.92. The van der Waals surface area contributed by atoms with E-state index in [4.69, 9.17) is 21.1 Å². The van der Waals surface area contributed by atoms with E-state index < -0.39 is 26.0 Å². The number of hydrogen-bond acceptors (Lipinski definition) is 7. The van der Waals surface area contributed by atoms with Gasteiger partial charge in [0.05, 0.1) is 46.4 Å². The van der Waals surface area contributed by atoms with Crippen LogP contribution in [0.3, 0.4) is 0 Å². The highest BCUT2D eigenvalue weighted by atomic mass is 35.5. The number of aryl methyl sites for hydroxylation is 1. The van der Waals surface area contributed by atoms with E-state index in [0.29, 0.717) is 30.3 Å². The highest BCUT2D eigenvalue weighted by Gasteiger charge is 2.27. The predicted molar refractivity (Wildman–Crippen MR) is 144 cm³/mol. The predicted octanol–water partition coefficient (Wildman–Crippen LogP) is 3.73. The number of sulfonamides is 2. The van der Waals surface area contributed by atoms with Crippen LogP contribution in [-0.2, 0) is 24.8 Å². The standard InChI is InChI=1S/C25H26ClN3O7S2/c1-17-3-10-24(35-2)23(15-17)28-37(31,32)19-6-4-18(5-7-19)27-25(30)21-16-20(8-9-22(21)26)38(33,34)29-11-13-36-14-12-29/h3-10,15-16,28H,11-14H2,1-2H3,(H,27,30). The van der Waals surface area contributed by atoms with E-state index in [1.54, 1.807) is 18.2 Å². The van der Waals surface area contributed by atoms with Crippen LogP contribution in [0.2, 0.25) is 5.02 Å². The zero-order chi connectivity index (χ0) is 27.5. The minimum absolute atomic E-state index is 0.0318. The fourth-order valence-electron chi connectivity index (χ4n) is 3.80. The average molecular weight is 580 g/mol. The Balaban J connectivity index is 1.51. The lowest BCUT2D eigenvalue weighted by Crippen LogP contribution is -2.40. The van der Waals surface area contributed by atoms with Gasteiger partial charge in [0, 0.05) is 18.8 Å². The molecule has 13 heteroatoms. The first-order chi connectivity index (χ1) is 18.0. The van der Waals surface area contributed by atoms with Crippen molar-refractivity contribution in [2.75, 3.05) is 43.5 Å². The third kappa shape index (κ3) is 6.11. The molecular weight excluding hydrogens is 554 g/mol. The van der Waals surface area contributed by atoms with Crippen molar-refractivity contribution in [2.45, 2.75) is 16.7 Å². The Morgan fingerprint density at radius 3 is 2.26 bits per heavy atom. The first kappa shape index (κ1) is 27.9. The molecule has 0 radical (unpaired) electrons. The van der Waals surface area contributed by atoms with Gasteiger partial charge in [-0.05, 0) is 67.1 Å². The van der Waals surface area contributed by atoms with Crippen LogP contribution in [0.1, 0.15) is 15.9 Å². The Morgan fingerprint density at radius 1 is 0.947 bits per heavy atom. The van der Waals surface area contributed by atoms with Crippen molar-refractivity contribution in [1.82, 2.24) is 4.31 Å². The molecule has 1 aliphatic rings. The molecule has 0 aromatic heterocycles. The molecule has 0 bridgehead atoms. The summed E-state index contributed by atoms with van der Waals surface area (Å²) in [5, 5.41) is 2.69. The van der Waals surface area contributed by atoms with Crippen molar-refractivity contribution in [3.63, 3.8) is 0 Å². The number of carbonyl (C=O) groups excluding carboxylic acids is 1. The van der Waals surface area contributed by atoms with Crippen LogP contribution >= 0.6 is 11.6 Å². The van der Waals surface area contributed by atoms with Gasteiger partial charge in [0.2, 0.25) is 10.0 Å². The molecule has 0 unspecified atom stereocenters. The molecule has 10 nitrogen and oxygen atoms in total. The summed E-state index contributed by atoms with van der Waals surface area (Å²) in [5.74, 6) is -0.273. The molecule has 2 N–H and O–H groups in total. The first-order valence-corrected chi connectivity index (χ1v) is 14.8. The Bertz CT molecular complexity index is 1550. The molecule has 38 heavy (non-hydrogen) atoms. The van der Waals surface area contributed by atoms with Gasteiger partial charge in [-0.3, -0.25) is 9.52 Å². The number of anilines is 2. The SMILES string of the molecule is COc1ccc(C)cc1NS(=O)(=O)c1ccc(NC(=O)c2cc(S(=O)(=O)N3CCOCC3)ccc2Cl)cc1. The minimum Gasteiger partial charge on any atom is -0.495 e. The highest BCUT2D eigenvalue weighted by Crippen LogP contribution is 2.29. The third-order valence-electron chi connectivity index (χ3n) is 5.81. The van der Waals surface area contributed by atoms with Gasteiger partial charge in [0.25, 0.3) is 15.9 Å². The molecule has 0 saturated carbocycles. The fourth-order valence-corrected chi connectivity index (χ4v) is 6.50. The smallest absolute Gasteiger partial charge is 0.262 e. The number of carbonyl (C=O) groups is 1. The molecule has 1 fully saturated rings. The zero-order valence-corrected chi connectivity index (χ0v) is 23.0. The van der Waals surface area contributed by atoms with E-state index in [9.17, 15) is 21.6 Å². The lowest BCUT2D eigenvalue weighted by Gasteiger charge is -2.26. The Labute approximate surface area is 226 Å². The van der Waals surface area contributed by atoms with Crippen LogP contribution in [0.4, 0.5) is 11.4 Å². The number of halogens is 1. The van der Waals surface area contributed by atoms with Gasteiger partial charge in [-0.25, -0.2) is 16.8 Å². The Hall–Kier alpha value is -3.16. The van der Waals surface area contributed by atoms with Crippen LogP contribution in [0.25, 0.3) is 0 Å². The van der Waals surface area contributed by atoms with E-state index in [2.05, 4.69) is 10.0 Å². The Kier molecular flexibility index (Phi) is 8.28. The van der Waals surface area contributed by atoms with Gasteiger partial charge in [-0.2, -0.15) is 4.31 Å². The molecule has 4 rings (SSSR count). The summed E-state index contributed by atoms with van der Waals surface area (Å²) < 4.78 is 66.0. The van der Waals surface area contributed by atoms with E-state index in [1.165, 1.54) is 53.9 Å². The van der Waals surface area contributed by atoms with Crippen LogP contribution in [-0.4, -0.2) is 60.5 Å². The summed E-state index contributed by atoms with van der Waals surface area (Å²) in [7, 11) is -6.33. The molecule has 0 atom stereocenters. The monoisotopic (exact) mass is 579 g/mol. The maximum Gasteiger partial charge on any atom is 0.262 e. The van der Waals surface area contributed by atoms with Gasteiger partial charge in [-0.1, -0.05) is 17.7 Å². The summed E-state index contributed by atoms with van der Waals surface area (Å²) in [4.78, 5) is 12.9. The Morgan fingerprint density at radius 2 is 1.61 bits per heavy atom. The zero-order valence-electron chi connectivity index (χ0n) is 20.6. The molecule has 1 amide bonds. The van der Waals surface area contributed by atoms with E-state index in [1.807, 2.05) is 6.92 Å². The van der Waals surface area contributed by atoms with E-state index in [0.717, 1.165) is 5.56 Å². The second kappa shape index (κ2) is 11.3. The number of morpholine rings is 1. The molecule has 1 saturated heterocycles. The number of nitrogens with zero attached hydrogens (tertiary/aromatic N) is 1. The number of rotatable bonds is 8. The van der Waals surface area contributed by atoms with Gasteiger partial charge in [0.15, 0.2) is 0 Å². The number of nitrogens with one attached hydrogen (secondary N) is 2. The van der Waals surface area contributed by atoms with Crippen LogP contribution < -0.4 is 14.8 Å². The van der Waals surface area contributed by atoms with Crippen LogP contribution in [0, 0.1) is 6.92 Å². The van der Waals surface area contributed by atoms with Gasteiger partial charge in [0.1, 0.15) is 5.75 Å². The number of benzene rings is 3. The number of amides is 1. The molecule has 0 spiro atoms. The molecule has 1 aliphatic heterocycles. The van der Waals surface area contributed by atoms with Gasteiger partial charge < -0.3 is 14.8 Å². The lowest BCUT2D eigenvalue weighted by molar-refractivity contribution is 0.0730. The maximum atomic E-state index is 13.0. The van der Waals surface area contributed by atoms with Crippen molar-refractivity contribution < 1.29 is 31.1 Å². The molecule has 3 aromatic carbocycles. The van der Waals surface area contributed by atoms with Crippen LogP contribution in [0.5, 0.6) is 5.75 Å².